The maximum atomic E-state index is 12.9. The molecular weight excluding hydrogens is 291 g/mol. The Morgan fingerprint density at radius 2 is 1.95 bits per heavy atom. The highest BCUT2D eigenvalue weighted by Gasteiger charge is 2.05. The minimum Gasteiger partial charge on any atom is -0.484 e. The van der Waals surface area contributed by atoms with Gasteiger partial charge in [-0.15, -0.1) is 0 Å². The summed E-state index contributed by atoms with van der Waals surface area (Å²) >= 11 is 4.84. The molecule has 6 heteroatoms. The first-order valence-electron chi connectivity index (χ1n) is 6.12. The molecule has 0 saturated carbocycles. The Kier molecular flexibility index (Phi) is 4.84. The SMILES string of the molecule is NC(=S)c1ccc(NC(=O)COc2cccc(F)c2)cc1. The first kappa shape index (κ1) is 14.9. The number of ether oxygens (including phenoxy) is 1. The number of hydrogen-bond acceptors (Lipinski definition) is 3. The van der Waals surface area contributed by atoms with E-state index in [1.807, 2.05) is 0 Å². The monoisotopic (exact) mass is 304 g/mol. The van der Waals surface area contributed by atoms with Gasteiger partial charge in [0.1, 0.15) is 16.6 Å². The number of nitrogens with two attached hydrogens (primary N) is 1. The van der Waals surface area contributed by atoms with E-state index in [9.17, 15) is 9.18 Å². The summed E-state index contributed by atoms with van der Waals surface area (Å²) in [6.45, 7) is -0.208. The van der Waals surface area contributed by atoms with Gasteiger partial charge in [0.05, 0.1) is 0 Å². The first-order chi connectivity index (χ1) is 10.0. The third-order valence-corrected chi connectivity index (χ3v) is 2.85. The number of halogens is 1. The lowest BCUT2D eigenvalue weighted by Crippen LogP contribution is -2.20. The minimum atomic E-state index is -0.416. The van der Waals surface area contributed by atoms with E-state index in [2.05, 4.69) is 5.32 Å². The summed E-state index contributed by atoms with van der Waals surface area (Å²) in [7, 11) is 0. The molecule has 2 rings (SSSR count). The normalized spacial score (nSPS) is 9.95. The van der Waals surface area contributed by atoms with Crippen molar-refractivity contribution < 1.29 is 13.9 Å². The van der Waals surface area contributed by atoms with Crippen molar-refractivity contribution in [3.05, 3.63) is 59.9 Å². The van der Waals surface area contributed by atoms with Crippen molar-refractivity contribution in [2.45, 2.75) is 0 Å². The number of carbonyl (C=O) groups excluding carboxylic acids is 1. The predicted molar refractivity (Wildman–Crippen MR) is 82.9 cm³/mol. The van der Waals surface area contributed by atoms with Gasteiger partial charge in [0, 0.05) is 17.3 Å². The summed E-state index contributed by atoms with van der Waals surface area (Å²) in [4.78, 5) is 12.0. The van der Waals surface area contributed by atoms with Crippen LogP contribution in [0.25, 0.3) is 0 Å². The second-order valence-corrected chi connectivity index (χ2v) is 4.68. The van der Waals surface area contributed by atoms with E-state index < -0.39 is 5.82 Å². The standard InChI is InChI=1S/C15H13FN2O2S/c16-11-2-1-3-13(8-11)20-9-14(19)18-12-6-4-10(5-7-12)15(17)21/h1-8H,9H2,(H2,17,21)(H,18,19). The van der Waals surface area contributed by atoms with E-state index in [0.29, 0.717) is 16.4 Å². The van der Waals surface area contributed by atoms with Crippen molar-refractivity contribution in [2.24, 2.45) is 5.73 Å². The molecule has 2 aromatic carbocycles. The van der Waals surface area contributed by atoms with Crippen LogP contribution in [0.4, 0.5) is 10.1 Å². The second-order valence-electron chi connectivity index (χ2n) is 4.24. The van der Waals surface area contributed by atoms with E-state index >= 15 is 0 Å². The molecule has 4 nitrogen and oxygen atoms in total. The summed E-state index contributed by atoms with van der Waals surface area (Å²) in [6.07, 6.45) is 0. The molecule has 108 valence electrons. The molecule has 21 heavy (non-hydrogen) atoms. The Labute approximate surface area is 126 Å². The Balaban J connectivity index is 1.88. The molecule has 0 fully saturated rings. The van der Waals surface area contributed by atoms with Crippen LogP contribution in [0.3, 0.4) is 0 Å². The summed E-state index contributed by atoms with van der Waals surface area (Å²) < 4.78 is 18.1. The van der Waals surface area contributed by atoms with Crippen LogP contribution < -0.4 is 15.8 Å². The molecule has 0 bridgehead atoms. The number of anilines is 1. The molecule has 3 N–H and O–H groups in total. The number of benzene rings is 2. The summed E-state index contributed by atoms with van der Waals surface area (Å²) in [5.74, 6) is -0.461. The van der Waals surface area contributed by atoms with Crippen molar-refractivity contribution in [3.8, 4) is 5.75 Å². The second kappa shape index (κ2) is 6.81. The third-order valence-electron chi connectivity index (χ3n) is 2.62. The van der Waals surface area contributed by atoms with Gasteiger partial charge in [-0.2, -0.15) is 0 Å². The van der Waals surface area contributed by atoms with Crippen LogP contribution in [0.1, 0.15) is 5.56 Å². The Morgan fingerprint density at radius 3 is 2.57 bits per heavy atom. The lowest BCUT2D eigenvalue weighted by atomic mass is 10.2. The molecule has 0 atom stereocenters. The van der Waals surface area contributed by atoms with Crippen molar-refractivity contribution >= 4 is 28.8 Å². The molecule has 0 radical (unpaired) electrons. The van der Waals surface area contributed by atoms with E-state index in [0.717, 1.165) is 5.56 Å². The first-order valence-corrected chi connectivity index (χ1v) is 6.53. The molecule has 2 aromatic rings. The van der Waals surface area contributed by atoms with E-state index in [4.69, 9.17) is 22.7 Å². The van der Waals surface area contributed by atoms with Gasteiger partial charge in [-0.1, -0.05) is 18.3 Å². The molecule has 0 aliphatic carbocycles. The molecule has 1 amide bonds. The Bertz CT molecular complexity index is 659. The zero-order valence-electron chi connectivity index (χ0n) is 11.0. The zero-order chi connectivity index (χ0) is 15.2. The van der Waals surface area contributed by atoms with Crippen molar-refractivity contribution in [1.82, 2.24) is 0 Å². The number of rotatable bonds is 5. The maximum absolute atomic E-state index is 12.9. The molecule has 0 aromatic heterocycles. The molecule has 0 unspecified atom stereocenters. The third kappa shape index (κ3) is 4.54. The number of thiocarbonyl (C=S) groups is 1. The average Bonchev–Trinajstić information content (AvgIpc) is 2.46. The molecule has 0 heterocycles. The largest absolute Gasteiger partial charge is 0.484 e. The van der Waals surface area contributed by atoms with Gasteiger partial charge in [0.25, 0.3) is 5.91 Å². The lowest BCUT2D eigenvalue weighted by Gasteiger charge is -2.08. The maximum Gasteiger partial charge on any atom is 0.262 e. The van der Waals surface area contributed by atoms with Gasteiger partial charge in [-0.3, -0.25) is 4.79 Å². The quantitative estimate of drug-likeness (QED) is 0.833. The summed E-state index contributed by atoms with van der Waals surface area (Å²) in [5.41, 5.74) is 6.80. The van der Waals surface area contributed by atoms with E-state index in [-0.39, 0.29) is 12.5 Å². The van der Waals surface area contributed by atoms with Crippen molar-refractivity contribution in [3.63, 3.8) is 0 Å². The fourth-order valence-corrected chi connectivity index (χ4v) is 1.76. The van der Waals surface area contributed by atoms with Crippen LogP contribution in [0.5, 0.6) is 5.75 Å². The highest BCUT2D eigenvalue weighted by Crippen LogP contribution is 2.12. The molecule has 0 aliphatic rings. The van der Waals surface area contributed by atoms with Crippen LogP contribution in [0.2, 0.25) is 0 Å². The highest BCUT2D eigenvalue weighted by atomic mass is 32.1. The van der Waals surface area contributed by atoms with Crippen LogP contribution in [0.15, 0.2) is 48.5 Å². The van der Waals surface area contributed by atoms with Crippen molar-refractivity contribution in [2.75, 3.05) is 11.9 Å². The fourth-order valence-electron chi connectivity index (χ4n) is 1.62. The topological polar surface area (TPSA) is 64.3 Å². The number of amides is 1. The zero-order valence-corrected chi connectivity index (χ0v) is 11.8. The fraction of sp³-hybridized carbons (Fsp3) is 0.0667. The summed E-state index contributed by atoms with van der Waals surface area (Å²) in [5, 5.41) is 2.65. The van der Waals surface area contributed by atoms with Crippen molar-refractivity contribution in [1.29, 1.82) is 0 Å². The van der Waals surface area contributed by atoms with Crippen LogP contribution >= 0.6 is 12.2 Å². The van der Waals surface area contributed by atoms with Gasteiger partial charge in [-0.05, 0) is 36.4 Å². The van der Waals surface area contributed by atoms with E-state index in [1.165, 1.54) is 18.2 Å². The van der Waals surface area contributed by atoms with Gasteiger partial charge < -0.3 is 15.8 Å². The van der Waals surface area contributed by atoms with Gasteiger partial charge >= 0.3 is 0 Å². The number of carbonyl (C=O) groups is 1. The molecular formula is C15H13FN2O2S. The number of hydrogen-bond donors (Lipinski definition) is 2. The van der Waals surface area contributed by atoms with Crippen LogP contribution in [0, 0.1) is 5.82 Å². The predicted octanol–water partition coefficient (Wildman–Crippen LogP) is 2.48. The van der Waals surface area contributed by atoms with Gasteiger partial charge in [0.2, 0.25) is 0 Å². The minimum absolute atomic E-state index is 0.208. The molecule has 0 spiro atoms. The van der Waals surface area contributed by atoms with Gasteiger partial charge in [-0.25, -0.2) is 4.39 Å². The Morgan fingerprint density at radius 1 is 1.24 bits per heavy atom. The van der Waals surface area contributed by atoms with E-state index in [1.54, 1.807) is 30.3 Å². The average molecular weight is 304 g/mol. The molecule has 0 aliphatic heterocycles. The lowest BCUT2D eigenvalue weighted by molar-refractivity contribution is -0.118. The molecule has 0 saturated heterocycles. The van der Waals surface area contributed by atoms with Gasteiger partial charge in [0.15, 0.2) is 6.61 Å². The Hall–Kier alpha value is -2.47. The summed E-state index contributed by atoms with van der Waals surface area (Å²) in [6, 6.07) is 12.4. The van der Waals surface area contributed by atoms with Crippen LogP contribution in [-0.4, -0.2) is 17.5 Å². The number of nitrogens with one attached hydrogen (secondary N) is 1. The highest BCUT2D eigenvalue weighted by molar-refractivity contribution is 7.80. The smallest absolute Gasteiger partial charge is 0.262 e. The van der Waals surface area contributed by atoms with Crippen LogP contribution in [-0.2, 0) is 4.79 Å².